The number of aliphatic hydroxyl groups excluding tert-OH is 2. The Morgan fingerprint density at radius 3 is 2.55 bits per heavy atom. The number of amides is 1. The Morgan fingerprint density at radius 2 is 2.00 bits per heavy atom. The van der Waals surface area contributed by atoms with Crippen LogP contribution in [0.4, 0.5) is 18.9 Å². The van der Waals surface area contributed by atoms with Crippen LogP contribution in [-0.4, -0.2) is 69.2 Å². The van der Waals surface area contributed by atoms with Gasteiger partial charge in [0.25, 0.3) is 11.2 Å². The number of methoxy groups -OCH3 is 1. The van der Waals surface area contributed by atoms with Crippen LogP contribution in [0.1, 0.15) is 56.2 Å². The summed E-state index contributed by atoms with van der Waals surface area (Å²) in [6, 6.07) is 2.35. The van der Waals surface area contributed by atoms with Crippen LogP contribution >= 0.6 is 0 Å². The highest BCUT2D eigenvalue weighted by Crippen LogP contribution is 2.43. The van der Waals surface area contributed by atoms with Crippen molar-refractivity contribution in [1.82, 2.24) is 14.9 Å². The molecule has 1 saturated heterocycles. The van der Waals surface area contributed by atoms with Crippen molar-refractivity contribution in [2.45, 2.75) is 64.5 Å². The quantitative estimate of drug-likeness (QED) is 0.179. The van der Waals surface area contributed by atoms with E-state index in [9.17, 15) is 47.9 Å². The van der Waals surface area contributed by atoms with Crippen LogP contribution in [0.25, 0.3) is 0 Å². The molecule has 0 radical (unpaired) electrons. The van der Waals surface area contributed by atoms with Crippen molar-refractivity contribution in [3.05, 3.63) is 66.0 Å². The molecule has 240 valence electrons. The zero-order valence-electron chi connectivity index (χ0n) is 24.1. The molecule has 0 aliphatic carbocycles. The van der Waals surface area contributed by atoms with Crippen molar-refractivity contribution in [2.75, 3.05) is 20.3 Å². The standard InChI is InChI=1S/C27H31F3N4O10/c1-26(2,3)22(43-13-15-11-33(25(39)32-23(15)37)21-10-18(36)20(12-35)44-21)16-9-19(42-4)14(8-17(16)34(40)41)6-5-7-31-24(38)27(28,29)30/h8-9,11,18,20-22,35-36H,7,10,12-13H2,1-4H3,(H,31,38)(H,32,37,39)/t18?,20-,21-,22-/m1/s1. The highest BCUT2D eigenvalue weighted by Gasteiger charge is 2.38. The normalized spacial score (nSPS) is 19.2. The zero-order chi connectivity index (χ0) is 33.0. The second kappa shape index (κ2) is 13.6. The van der Waals surface area contributed by atoms with E-state index in [-0.39, 0.29) is 28.9 Å². The summed E-state index contributed by atoms with van der Waals surface area (Å²) in [7, 11) is 1.25. The molecule has 17 heteroatoms. The lowest BCUT2D eigenvalue weighted by molar-refractivity contribution is -0.386. The number of nitro benzene ring substituents is 1. The fourth-order valence-electron chi connectivity index (χ4n) is 4.46. The van der Waals surface area contributed by atoms with Gasteiger partial charge in [-0.15, -0.1) is 0 Å². The molecule has 14 nitrogen and oxygen atoms in total. The summed E-state index contributed by atoms with van der Waals surface area (Å²) in [5.41, 5.74) is -2.94. The number of aromatic amines is 1. The van der Waals surface area contributed by atoms with E-state index in [0.29, 0.717) is 0 Å². The summed E-state index contributed by atoms with van der Waals surface area (Å²) < 4.78 is 55.1. The van der Waals surface area contributed by atoms with Crippen LogP contribution in [0.5, 0.6) is 5.75 Å². The van der Waals surface area contributed by atoms with Crippen LogP contribution in [0.2, 0.25) is 0 Å². The molecule has 4 N–H and O–H groups in total. The maximum Gasteiger partial charge on any atom is 0.471 e. The van der Waals surface area contributed by atoms with Gasteiger partial charge in [-0.3, -0.25) is 29.3 Å². The topological polar surface area (TPSA) is 195 Å². The summed E-state index contributed by atoms with van der Waals surface area (Å²) in [4.78, 5) is 49.6. The van der Waals surface area contributed by atoms with E-state index in [1.54, 1.807) is 26.1 Å². The van der Waals surface area contributed by atoms with E-state index in [4.69, 9.17) is 14.2 Å². The first-order chi connectivity index (χ1) is 20.5. The number of nitro groups is 1. The number of benzene rings is 1. The minimum Gasteiger partial charge on any atom is -0.495 e. The third-order valence-electron chi connectivity index (χ3n) is 6.57. The smallest absolute Gasteiger partial charge is 0.471 e. The fraction of sp³-hybridized carbons (Fsp3) is 0.519. The molecule has 2 heterocycles. The Kier molecular flexibility index (Phi) is 10.6. The summed E-state index contributed by atoms with van der Waals surface area (Å²) >= 11 is 0. The molecule has 1 aliphatic rings. The molecular formula is C27H31F3N4O10. The Labute approximate surface area is 247 Å². The molecule has 2 aromatic rings. The van der Waals surface area contributed by atoms with Gasteiger partial charge in [-0.1, -0.05) is 32.6 Å². The molecule has 0 bridgehead atoms. The second-order valence-corrected chi connectivity index (χ2v) is 10.8. The Morgan fingerprint density at radius 1 is 1.32 bits per heavy atom. The molecule has 44 heavy (non-hydrogen) atoms. The molecule has 1 unspecified atom stereocenters. The average Bonchev–Trinajstić information content (AvgIpc) is 3.30. The Balaban J connectivity index is 1.95. The number of halogens is 3. The van der Waals surface area contributed by atoms with Crippen molar-refractivity contribution in [2.24, 2.45) is 5.41 Å². The molecular weight excluding hydrogens is 597 g/mol. The highest BCUT2D eigenvalue weighted by molar-refractivity contribution is 5.81. The number of H-pyrrole nitrogens is 1. The number of ether oxygens (including phenoxy) is 3. The molecule has 1 amide bonds. The second-order valence-electron chi connectivity index (χ2n) is 10.8. The molecule has 0 spiro atoms. The minimum atomic E-state index is -5.10. The highest BCUT2D eigenvalue weighted by atomic mass is 19.4. The van der Waals surface area contributed by atoms with Crippen LogP contribution in [0.3, 0.4) is 0 Å². The fourth-order valence-corrected chi connectivity index (χ4v) is 4.46. The van der Waals surface area contributed by atoms with E-state index in [1.165, 1.54) is 19.4 Å². The number of hydrogen-bond acceptors (Lipinski definition) is 10. The van der Waals surface area contributed by atoms with Gasteiger partial charge in [0.1, 0.15) is 18.1 Å². The maximum absolute atomic E-state index is 12.6. The van der Waals surface area contributed by atoms with Crippen LogP contribution in [0, 0.1) is 27.4 Å². The summed E-state index contributed by atoms with van der Waals surface area (Å²) in [6.45, 7) is 3.57. The van der Waals surface area contributed by atoms with Gasteiger partial charge < -0.3 is 29.7 Å². The summed E-state index contributed by atoms with van der Waals surface area (Å²) in [5, 5.41) is 33.1. The number of carbonyl (C=O) groups excluding carboxylic acids is 1. The number of nitrogens with zero attached hydrogens (tertiary/aromatic N) is 2. The van der Waals surface area contributed by atoms with Crippen molar-refractivity contribution in [1.29, 1.82) is 0 Å². The van der Waals surface area contributed by atoms with Gasteiger partial charge in [-0.05, 0) is 11.5 Å². The molecule has 3 rings (SSSR count). The number of nitrogens with one attached hydrogen (secondary N) is 2. The van der Waals surface area contributed by atoms with Gasteiger partial charge in [0, 0.05) is 18.7 Å². The number of alkyl halides is 3. The predicted molar refractivity (Wildman–Crippen MR) is 146 cm³/mol. The molecule has 0 saturated carbocycles. The lowest BCUT2D eigenvalue weighted by Crippen LogP contribution is -2.36. The van der Waals surface area contributed by atoms with E-state index < -0.39 is 83.7 Å². The Hall–Kier alpha value is -4.24. The lowest BCUT2D eigenvalue weighted by Gasteiger charge is -2.31. The first-order valence-electron chi connectivity index (χ1n) is 13.1. The van der Waals surface area contributed by atoms with E-state index in [2.05, 4.69) is 16.8 Å². The van der Waals surface area contributed by atoms with Gasteiger partial charge in [0.05, 0.1) is 60.7 Å². The van der Waals surface area contributed by atoms with Gasteiger partial charge >= 0.3 is 17.8 Å². The monoisotopic (exact) mass is 628 g/mol. The first-order valence-corrected chi connectivity index (χ1v) is 13.1. The number of carbonyl (C=O) groups is 1. The van der Waals surface area contributed by atoms with Crippen molar-refractivity contribution < 1.29 is 47.3 Å². The minimum absolute atomic E-state index is 0.0277. The van der Waals surface area contributed by atoms with Crippen molar-refractivity contribution >= 4 is 11.6 Å². The molecule has 1 fully saturated rings. The van der Waals surface area contributed by atoms with Crippen LogP contribution in [-0.2, 0) is 20.9 Å². The van der Waals surface area contributed by atoms with Gasteiger partial charge in [-0.25, -0.2) is 4.79 Å². The predicted octanol–water partition coefficient (Wildman–Crippen LogP) is 1.43. The van der Waals surface area contributed by atoms with Crippen molar-refractivity contribution in [3.8, 4) is 17.6 Å². The number of aromatic nitrogens is 2. The van der Waals surface area contributed by atoms with Gasteiger partial charge in [-0.2, -0.15) is 13.2 Å². The van der Waals surface area contributed by atoms with Gasteiger partial charge in [0.15, 0.2) is 0 Å². The largest absolute Gasteiger partial charge is 0.495 e. The van der Waals surface area contributed by atoms with Crippen LogP contribution < -0.4 is 21.3 Å². The van der Waals surface area contributed by atoms with Crippen LogP contribution in [0.15, 0.2) is 27.9 Å². The molecule has 1 aliphatic heterocycles. The van der Waals surface area contributed by atoms with E-state index >= 15 is 0 Å². The SMILES string of the molecule is COc1cc([C@@H](OCc2cn([C@H]3CC(O)[C@@H](CO)O3)c(=O)[nH]c2=O)C(C)(C)C)c([N+](=O)[O-])cc1C#CCNC(=O)C(F)(F)F. The zero-order valence-corrected chi connectivity index (χ0v) is 24.1. The molecule has 1 aromatic carbocycles. The van der Waals surface area contributed by atoms with E-state index in [0.717, 1.165) is 10.6 Å². The summed E-state index contributed by atoms with van der Waals surface area (Å²) in [6.07, 6.45) is -7.94. The summed E-state index contributed by atoms with van der Waals surface area (Å²) in [5.74, 6) is 2.59. The first kappa shape index (κ1) is 34.3. The van der Waals surface area contributed by atoms with Gasteiger partial charge in [0.2, 0.25) is 0 Å². The average molecular weight is 629 g/mol. The third kappa shape index (κ3) is 8.02. The lowest BCUT2D eigenvalue weighted by atomic mass is 9.83. The molecule has 4 atom stereocenters. The molecule has 1 aromatic heterocycles. The Bertz CT molecular complexity index is 1570. The maximum atomic E-state index is 12.6. The number of aliphatic hydroxyl groups is 2. The number of hydrogen-bond donors (Lipinski definition) is 4. The van der Waals surface area contributed by atoms with E-state index in [1.807, 2.05) is 0 Å². The number of rotatable bonds is 9. The van der Waals surface area contributed by atoms with Crippen molar-refractivity contribution in [3.63, 3.8) is 0 Å². The third-order valence-corrected chi connectivity index (χ3v) is 6.57.